The molecule has 0 amide bonds. The number of nitrogens with one attached hydrogen (secondary N) is 1. The van der Waals surface area contributed by atoms with E-state index in [9.17, 15) is 4.21 Å². The van der Waals surface area contributed by atoms with Crippen LogP contribution in [0.25, 0.3) is 16.9 Å². The fourth-order valence-electron chi connectivity index (χ4n) is 6.08. The Labute approximate surface area is 233 Å². The van der Waals surface area contributed by atoms with Crippen LogP contribution in [0.1, 0.15) is 37.3 Å². The van der Waals surface area contributed by atoms with Crippen molar-refractivity contribution >= 4 is 43.9 Å². The number of rotatable bonds is 6. The van der Waals surface area contributed by atoms with Gasteiger partial charge >= 0.3 is 0 Å². The van der Waals surface area contributed by atoms with E-state index in [2.05, 4.69) is 48.6 Å². The van der Waals surface area contributed by atoms with Crippen molar-refractivity contribution in [2.75, 3.05) is 42.9 Å². The van der Waals surface area contributed by atoms with E-state index < -0.39 is 9.73 Å². The molecule has 9 nitrogen and oxygen atoms in total. The smallest absolute Gasteiger partial charge is 0.229 e. The zero-order valence-corrected chi connectivity index (χ0v) is 23.7. The topological polar surface area (TPSA) is 91.5 Å². The molecule has 1 aliphatic carbocycles. The van der Waals surface area contributed by atoms with Crippen molar-refractivity contribution in [1.82, 2.24) is 24.4 Å². The summed E-state index contributed by atoms with van der Waals surface area (Å²) in [6.45, 7) is 2.11. The highest BCUT2D eigenvalue weighted by molar-refractivity contribution is 7.92. The van der Waals surface area contributed by atoms with E-state index in [0.29, 0.717) is 46.4 Å². The van der Waals surface area contributed by atoms with E-state index in [1.54, 1.807) is 35.3 Å². The molecule has 2 unspecified atom stereocenters. The normalized spacial score (nSPS) is 21.2. The maximum atomic E-state index is 15.7. The van der Waals surface area contributed by atoms with Crippen LogP contribution in [0, 0.1) is 5.82 Å². The Morgan fingerprint density at radius 2 is 1.73 bits per heavy atom. The minimum absolute atomic E-state index is 0.104. The van der Waals surface area contributed by atoms with Gasteiger partial charge in [0.2, 0.25) is 5.95 Å². The number of anilines is 3. The van der Waals surface area contributed by atoms with Crippen LogP contribution >= 0.6 is 0 Å². The van der Waals surface area contributed by atoms with Crippen LogP contribution in [-0.2, 0) is 9.73 Å². The molecule has 0 spiro atoms. The van der Waals surface area contributed by atoms with Crippen LogP contribution in [0.5, 0.6) is 0 Å². The number of fused-ring (bicyclic) bond motifs is 3. The molecule has 40 heavy (non-hydrogen) atoms. The summed E-state index contributed by atoms with van der Waals surface area (Å²) in [6.07, 6.45) is 9.03. The number of nitrogens with zero attached hydrogens (tertiary/aromatic N) is 7. The first kappa shape index (κ1) is 25.4. The van der Waals surface area contributed by atoms with Gasteiger partial charge in [-0.25, -0.2) is 18.6 Å². The second-order valence-electron chi connectivity index (χ2n) is 11.5. The molecular weight excluding hydrogens is 527 g/mol. The Morgan fingerprint density at radius 1 is 1.00 bits per heavy atom. The predicted molar refractivity (Wildman–Crippen MR) is 157 cm³/mol. The monoisotopic (exact) mass is 560 g/mol. The summed E-state index contributed by atoms with van der Waals surface area (Å²) in [5.74, 6) is 1.01. The minimum Gasteiger partial charge on any atom is -0.368 e. The number of halogens is 1. The third-order valence-corrected chi connectivity index (χ3v) is 8.87. The standard InChI is InChI=1S/C29H33FN8OS/c1-36-21-13-14-22(36)17-37(16-21)20-11-9-19(10-12-20)32-29-31-15-23-26(30)27(18-7-8-18)38(28(23)34-29)25-6-4-5-24(33-25)35-40(2,3)39/h4-6,9-12,15,18,21-22H,7-8,13-14,16-17H2,1-3H3,(H,31,32,34). The molecule has 208 valence electrons. The van der Waals surface area contributed by atoms with Crippen molar-refractivity contribution in [2.24, 2.45) is 4.36 Å². The molecule has 3 aliphatic rings. The minimum atomic E-state index is -2.40. The number of aromatic nitrogens is 4. The van der Waals surface area contributed by atoms with Gasteiger partial charge < -0.3 is 10.2 Å². The van der Waals surface area contributed by atoms with Crippen LogP contribution in [0.4, 0.5) is 27.5 Å². The number of pyridine rings is 1. The summed E-state index contributed by atoms with van der Waals surface area (Å²) in [4.78, 5) is 18.8. The van der Waals surface area contributed by atoms with Gasteiger partial charge in [0.1, 0.15) is 5.82 Å². The Hall–Kier alpha value is -3.57. The van der Waals surface area contributed by atoms with Gasteiger partial charge in [0.15, 0.2) is 17.3 Å². The second-order valence-corrected chi connectivity index (χ2v) is 14.0. The zero-order chi connectivity index (χ0) is 27.6. The van der Waals surface area contributed by atoms with E-state index in [-0.39, 0.29) is 11.7 Å². The maximum Gasteiger partial charge on any atom is 0.229 e. The van der Waals surface area contributed by atoms with Crippen molar-refractivity contribution in [3.05, 3.63) is 60.2 Å². The highest BCUT2D eigenvalue weighted by Crippen LogP contribution is 2.45. The van der Waals surface area contributed by atoms with Crippen LogP contribution in [-0.4, -0.2) is 73.4 Å². The molecule has 3 fully saturated rings. The lowest BCUT2D eigenvalue weighted by Crippen LogP contribution is -2.51. The maximum absolute atomic E-state index is 15.7. The molecule has 2 saturated heterocycles. The van der Waals surface area contributed by atoms with E-state index in [0.717, 1.165) is 31.6 Å². The van der Waals surface area contributed by atoms with Crippen molar-refractivity contribution in [3.8, 4) is 5.82 Å². The van der Waals surface area contributed by atoms with E-state index in [4.69, 9.17) is 4.98 Å². The van der Waals surface area contributed by atoms with Crippen LogP contribution in [0.3, 0.4) is 0 Å². The lowest BCUT2D eigenvalue weighted by Gasteiger charge is -2.40. The average Bonchev–Trinajstić information content (AvgIpc) is 3.69. The SMILES string of the molecule is CN1C2CCC1CN(c1ccc(Nc3ncc4c(F)c(C5CC5)n(-c5cccc(N=S(C)(C)=O)n5)c4n3)cc1)C2. The van der Waals surface area contributed by atoms with Gasteiger partial charge in [-0.1, -0.05) is 6.07 Å². The van der Waals surface area contributed by atoms with Gasteiger partial charge in [-0.15, -0.1) is 0 Å². The van der Waals surface area contributed by atoms with Gasteiger partial charge in [0.25, 0.3) is 0 Å². The Balaban J connectivity index is 1.21. The quantitative estimate of drug-likeness (QED) is 0.346. The van der Waals surface area contributed by atoms with Gasteiger partial charge in [0.05, 0.1) is 11.1 Å². The number of hydrogen-bond acceptors (Lipinski definition) is 8. The summed E-state index contributed by atoms with van der Waals surface area (Å²) in [7, 11) is -0.150. The Morgan fingerprint density at radius 3 is 2.40 bits per heavy atom. The molecule has 2 bridgehead atoms. The lowest BCUT2D eigenvalue weighted by atomic mass is 10.1. The predicted octanol–water partition coefficient (Wildman–Crippen LogP) is 5.22. The number of likely N-dealkylation sites (N-methyl/N-ethyl adjacent to an activating group) is 1. The van der Waals surface area contributed by atoms with Crippen LogP contribution in [0.2, 0.25) is 0 Å². The molecule has 3 aromatic heterocycles. The summed E-state index contributed by atoms with van der Waals surface area (Å²) in [6, 6.07) is 14.9. The first-order valence-corrected chi connectivity index (χ1v) is 16.1. The van der Waals surface area contributed by atoms with Gasteiger partial charge in [-0.3, -0.25) is 9.47 Å². The molecular formula is C29H33FN8OS. The molecule has 2 atom stereocenters. The van der Waals surface area contributed by atoms with E-state index in [1.807, 2.05) is 12.1 Å². The molecule has 1 aromatic carbocycles. The largest absolute Gasteiger partial charge is 0.368 e. The fourth-order valence-corrected chi connectivity index (χ4v) is 6.63. The Bertz CT molecular complexity index is 1700. The van der Waals surface area contributed by atoms with Crippen LogP contribution < -0.4 is 10.2 Å². The fraction of sp³-hybridized carbons (Fsp3) is 0.414. The summed E-state index contributed by atoms with van der Waals surface area (Å²) in [5.41, 5.74) is 3.09. The molecule has 5 heterocycles. The molecule has 11 heteroatoms. The molecule has 2 aliphatic heterocycles. The third kappa shape index (κ3) is 4.71. The third-order valence-electron chi connectivity index (χ3n) is 8.24. The highest BCUT2D eigenvalue weighted by Gasteiger charge is 2.37. The first-order valence-electron chi connectivity index (χ1n) is 13.8. The lowest BCUT2D eigenvalue weighted by molar-refractivity contribution is 0.212. The summed E-state index contributed by atoms with van der Waals surface area (Å²) >= 11 is 0. The zero-order valence-electron chi connectivity index (χ0n) is 22.9. The Kier molecular flexibility index (Phi) is 6.04. The van der Waals surface area contributed by atoms with Crippen molar-refractivity contribution in [1.29, 1.82) is 0 Å². The summed E-state index contributed by atoms with van der Waals surface area (Å²) < 4.78 is 34.0. The average molecular weight is 561 g/mol. The van der Waals surface area contributed by atoms with E-state index >= 15 is 4.39 Å². The number of piperazine rings is 1. The van der Waals surface area contributed by atoms with Gasteiger partial charge in [-0.2, -0.15) is 9.35 Å². The van der Waals surface area contributed by atoms with Crippen molar-refractivity contribution in [3.63, 3.8) is 0 Å². The first-order chi connectivity index (χ1) is 19.2. The van der Waals surface area contributed by atoms with Crippen molar-refractivity contribution in [2.45, 2.75) is 43.7 Å². The second kappa shape index (κ2) is 9.52. The number of benzene rings is 1. The van der Waals surface area contributed by atoms with E-state index in [1.165, 1.54) is 24.7 Å². The highest BCUT2D eigenvalue weighted by atomic mass is 32.2. The number of hydrogen-bond donors (Lipinski definition) is 1. The summed E-state index contributed by atoms with van der Waals surface area (Å²) in [5, 5.41) is 3.65. The molecule has 1 saturated carbocycles. The van der Waals surface area contributed by atoms with Crippen molar-refractivity contribution < 1.29 is 8.60 Å². The molecule has 0 radical (unpaired) electrons. The van der Waals surface area contributed by atoms with Crippen LogP contribution in [0.15, 0.2) is 53.0 Å². The molecule has 4 aromatic rings. The molecule has 7 rings (SSSR count). The van der Waals surface area contributed by atoms with Gasteiger partial charge in [-0.05, 0) is 69.1 Å². The van der Waals surface area contributed by atoms with Gasteiger partial charge in [0, 0.05) is 70.9 Å². The molecule has 1 N–H and O–H groups in total.